The van der Waals surface area contributed by atoms with Crippen molar-refractivity contribution < 1.29 is 27.4 Å². The molecule has 1 heterocycles. The summed E-state index contributed by atoms with van der Waals surface area (Å²) in [4.78, 5) is 11.6. The first kappa shape index (κ1) is 17.8. The zero-order valence-electron chi connectivity index (χ0n) is 12.4. The zero-order chi connectivity index (χ0) is 16.9. The molecule has 1 amide bonds. The Morgan fingerprint density at radius 1 is 1.35 bits per heavy atom. The number of thiol groups is 1. The van der Waals surface area contributed by atoms with E-state index < -0.39 is 34.8 Å². The van der Waals surface area contributed by atoms with Crippen LogP contribution in [0.2, 0.25) is 0 Å². The van der Waals surface area contributed by atoms with E-state index in [0.717, 1.165) is 0 Å². The Hall–Kier alpha value is -1.55. The summed E-state index contributed by atoms with van der Waals surface area (Å²) in [5.41, 5.74) is -0.0202. The fraction of sp³-hybridized carbons (Fsp3) is 0.500. The topological polar surface area (TPSA) is 105 Å². The quantitative estimate of drug-likeness (QED) is 0.523. The van der Waals surface area contributed by atoms with Gasteiger partial charge in [-0.25, -0.2) is 17.5 Å². The highest BCUT2D eigenvalue weighted by molar-refractivity contribution is 7.70. The molecule has 0 unspecified atom stereocenters. The lowest BCUT2D eigenvalue weighted by Crippen LogP contribution is -2.50. The van der Waals surface area contributed by atoms with E-state index in [-0.39, 0.29) is 12.1 Å². The Labute approximate surface area is 134 Å². The highest BCUT2D eigenvalue weighted by Gasteiger charge is 2.36. The minimum Gasteiger partial charge on any atom is -0.387 e. The first-order valence-electron chi connectivity index (χ1n) is 7.13. The van der Waals surface area contributed by atoms with E-state index in [1.165, 1.54) is 12.1 Å². The summed E-state index contributed by atoms with van der Waals surface area (Å²) in [6, 6.07) is 4.43. The second-order valence-electron chi connectivity index (χ2n) is 5.30. The van der Waals surface area contributed by atoms with Gasteiger partial charge < -0.3 is 15.2 Å². The molecule has 0 bridgehead atoms. The third-order valence-corrected chi connectivity index (χ3v) is 4.29. The normalized spacial score (nSPS) is 17.2. The molecule has 23 heavy (non-hydrogen) atoms. The predicted molar refractivity (Wildman–Crippen MR) is 80.5 cm³/mol. The monoisotopic (exact) mass is 346 g/mol. The van der Waals surface area contributed by atoms with Gasteiger partial charge in [-0.3, -0.25) is 4.79 Å². The van der Waals surface area contributed by atoms with Gasteiger partial charge in [-0.2, -0.15) is 0 Å². The maximum atomic E-state index is 14.2. The number of nitrogens with one attached hydrogen (secondary N) is 2. The summed E-state index contributed by atoms with van der Waals surface area (Å²) < 4.78 is 42.7. The number of hydrogen-bond acceptors (Lipinski definition) is 5. The molecule has 1 saturated heterocycles. The minimum atomic E-state index is -2.80. The molecule has 0 atom stereocenters. The molecule has 0 aliphatic carbocycles. The van der Waals surface area contributed by atoms with Crippen molar-refractivity contribution in [3.05, 3.63) is 35.1 Å². The van der Waals surface area contributed by atoms with Crippen LogP contribution in [0.5, 0.6) is 0 Å². The van der Waals surface area contributed by atoms with E-state index in [9.17, 15) is 17.6 Å². The van der Waals surface area contributed by atoms with E-state index in [0.29, 0.717) is 31.6 Å². The van der Waals surface area contributed by atoms with E-state index in [4.69, 9.17) is 9.84 Å². The maximum absolute atomic E-state index is 14.2. The number of carbonyl (C=O) groups excluding carboxylic acids is 1. The molecule has 0 saturated carbocycles. The fourth-order valence-electron chi connectivity index (χ4n) is 2.65. The second-order valence-corrected chi connectivity index (χ2v) is 6.13. The van der Waals surface area contributed by atoms with E-state index in [2.05, 4.69) is 10.0 Å². The van der Waals surface area contributed by atoms with Crippen molar-refractivity contribution in [2.24, 2.45) is 0 Å². The molecule has 1 aromatic rings. The molecule has 2 rings (SSSR count). The lowest BCUT2D eigenvalue weighted by Gasteiger charge is -2.38. The molecule has 0 aromatic heterocycles. The van der Waals surface area contributed by atoms with Crippen LogP contribution < -0.4 is 10.0 Å². The first-order valence-corrected chi connectivity index (χ1v) is 8.31. The van der Waals surface area contributed by atoms with Crippen molar-refractivity contribution in [1.29, 1.82) is 0 Å². The second kappa shape index (κ2) is 7.82. The number of aliphatic hydroxyl groups excluding tert-OH is 1. The molecule has 9 heteroatoms. The van der Waals surface area contributed by atoms with Gasteiger partial charge in [0.05, 0.1) is 5.54 Å². The van der Waals surface area contributed by atoms with Crippen molar-refractivity contribution in [3.8, 4) is 0 Å². The summed E-state index contributed by atoms with van der Waals surface area (Å²) in [5, 5.41) is 11.7. The average Bonchev–Trinajstić information content (AvgIpc) is 2.54. The third kappa shape index (κ3) is 4.47. The average molecular weight is 346 g/mol. The van der Waals surface area contributed by atoms with Crippen LogP contribution in [-0.4, -0.2) is 39.3 Å². The SMILES string of the molecule is O=C(CO)NC1(c2ccc(CN[SH](=O)=O)c(F)c2)CCOCC1. The molecule has 0 spiro atoms. The van der Waals surface area contributed by atoms with Crippen LogP contribution in [0.25, 0.3) is 0 Å². The summed E-state index contributed by atoms with van der Waals surface area (Å²) in [6.07, 6.45) is 0.921. The Bertz CT molecular complexity index is 636. The van der Waals surface area contributed by atoms with Gasteiger partial charge in [-0.1, -0.05) is 12.1 Å². The van der Waals surface area contributed by atoms with Crippen LogP contribution in [0, 0.1) is 5.82 Å². The van der Waals surface area contributed by atoms with Crippen LogP contribution in [0.1, 0.15) is 24.0 Å². The van der Waals surface area contributed by atoms with Gasteiger partial charge >= 0.3 is 0 Å². The zero-order valence-corrected chi connectivity index (χ0v) is 13.3. The fourth-order valence-corrected chi connectivity index (χ4v) is 2.95. The highest BCUT2D eigenvalue weighted by Crippen LogP contribution is 2.33. The van der Waals surface area contributed by atoms with E-state index in [1.807, 2.05) is 0 Å². The molecule has 0 radical (unpaired) electrons. The van der Waals surface area contributed by atoms with Crippen molar-refractivity contribution in [1.82, 2.24) is 10.0 Å². The number of hydrogen-bond donors (Lipinski definition) is 4. The largest absolute Gasteiger partial charge is 0.387 e. The van der Waals surface area contributed by atoms with Gasteiger partial charge in [-0.05, 0) is 24.5 Å². The Balaban J connectivity index is 2.28. The van der Waals surface area contributed by atoms with Gasteiger partial charge in [0.1, 0.15) is 12.4 Å². The number of benzene rings is 1. The molecule has 1 aliphatic heterocycles. The molecule has 1 aliphatic rings. The summed E-state index contributed by atoms with van der Waals surface area (Å²) in [7, 11) is -2.80. The Morgan fingerprint density at radius 2 is 2.04 bits per heavy atom. The summed E-state index contributed by atoms with van der Waals surface area (Å²) in [6.45, 7) is 0.0359. The van der Waals surface area contributed by atoms with Gasteiger partial charge in [-0.15, -0.1) is 0 Å². The summed E-state index contributed by atoms with van der Waals surface area (Å²) in [5.74, 6) is -1.10. The van der Waals surface area contributed by atoms with Crippen molar-refractivity contribution >= 4 is 16.8 Å². The molecule has 7 nitrogen and oxygen atoms in total. The number of amides is 1. The number of rotatable bonds is 6. The standard InChI is InChI=1S/C14H19FN2O5S/c15-12-7-11(2-1-10(12)8-16-23(20)21)14(17-13(19)9-18)3-5-22-6-4-14/h1-2,7,18,23H,3-6,8-9H2,(H,17,19)(H,16,20,21). The number of carbonyl (C=O) groups is 1. The van der Waals surface area contributed by atoms with Gasteiger partial charge in [0.25, 0.3) is 0 Å². The van der Waals surface area contributed by atoms with Crippen molar-refractivity contribution in [3.63, 3.8) is 0 Å². The molecular weight excluding hydrogens is 327 g/mol. The third-order valence-electron chi connectivity index (χ3n) is 3.87. The smallest absolute Gasteiger partial charge is 0.246 e. The van der Waals surface area contributed by atoms with Crippen LogP contribution >= 0.6 is 0 Å². The predicted octanol–water partition coefficient (Wildman–Crippen LogP) is -0.444. The van der Waals surface area contributed by atoms with Crippen LogP contribution in [0.3, 0.4) is 0 Å². The lowest BCUT2D eigenvalue weighted by atomic mass is 9.82. The van der Waals surface area contributed by atoms with Gasteiger partial charge in [0, 0.05) is 25.3 Å². The number of ether oxygens (including phenoxy) is 1. The van der Waals surface area contributed by atoms with Crippen LogP contribution in [0.4, 0.5) is 4.39 Å². The molecule has 1 aromatic carbocycles. The van der Waals surface area contributed by atoms with Gasteiger partial charge in [0.15, 0.2) is 0 Å². The van der Waals surface area contributed by atoms with Crippen LogP contribution in [0.15, 0.2) is 18.2 Å². The minimum absolute atomic E-state index is 0.135. The number of aliphatic hydroxyl groups is 1. The first-order chi connectivity index (χ1) is 11.0. The Kier molecular flexibility index (Phi) is 6.05. The van der Waals surface area contributed by atoms with Gasteiger partial charge in [0.2, 0.25) is 16.8 Å². The molecule has 3 N–H and O–H groups in total. The lowest BCUT2D eigenvalue weighted by molar-refractivity contribution is -0.127. The highest BCUT2D eigenvalue weighted by atomic mass is 32.2. The van der Waals surface area contributed by atoms with Crippen molar-refractivity contribution in [2.45, 2.75) is 24.9 Å². The number of halogens is 1. The van der Waals surface area contributed by atoms with E-state index in [1.54, 1.807) is 6.07 Å². The van der Waals surface area contributed by atoms with E-state index >= 15 is 0 Å². The van der Waals surface area contributed by atoms with Crippen LogP contribution in [-0.2, 0) is 32.5 Å². The molecule has 1 fully saturated rings. The maximum Gasteiger partial charge on any atom is 0.246 e. The Morgan fingerprint density at radius 3 is 2.61 bits per heavy atom. The molecular formula is C14H19FN2O5S. The summed E-state index contributed by atoms with van der Waals surface area (Å²) >= 11 is 0. The molecule has 128 valence electrons. The van der Waals surface area contributed by atoms with Crippen molar-refractivity contribution in [2.75, 3.05) is 19.8 Å².